The highest BCUT2D eigenvalue weighted by atomic mass is 16.2. The Kier molecular flexibility index (Phi) is 4.73. The van der Waals surface area contributed by atoms with E-state index in [0.717, 1.165) is 31.5 Å². The molecule has 0 spiro atoms. The average Bonchev–Trinajstić information content (AvgIpc) is 2.94. The van der Waals surface area contributed by atoms with E-state index < -0.39 is 0 Å². The summed E-state index contributed by atoms with van der Waals surface area (Å²) in [5, 5.41) is 6.25. The summed E-state index contributed by atoms with van der Waals surface area (Å²) >= 11 is 0. The predicted octanol–water partition coefficient (Wildman–Crippen LogP) is 1.96. The molecule has 3 amide bonds. The van der Waals surface area contributed by atoms with Gasteiger partial charge in [0.25, 0.3) is 17.7 Å². The van der Waals surface area contributed by atoms with Crippen molar-refractivity contribution >= 4 is 17.7 Å². The molecule has 0 radical (unpaired) electrons. The molecule has 2 aliphatic rings. The fourth-order valence-electron chi connectivity index (χ4n) is 3.59. The molecule has 1 atom stereocenters. The van der Waals surface area contributed by atoms with E-state index in [2.05, 4.69) is 10.6 Å². The summed E-state index contributed by atoms with van der Waals surface area (Å²) in [6.07, 6.45) is 1.96. The van der Waals surface area contributed by atoms with Crippen molar-refractivity contribution < 1.29 is 14.4 Å². The van der Waals surface area contributed by atoms with Crippen LogP contribution in [0.5, 0.6) is 0 Å². The lowest BCUT2D eigenvalue weighted by Crippen LogP contribution is -2.45. The van der Waals surface area contributed by atoms with Crippen molar-refractivity contribution in [2.24, 2.45) is 0 Å². The molecule has 0 bridgehead atoms. The third kappa shape index (κ3) is 3.48. The Hall–Kier alpha value is -2.99. The molecule has 2 aromatic rings. The molecule has 0 unspecified atom stereocenters. The second-order valence-corrected chi connectivity index (χ2v) is 6.96. The van der Waals surface area contributed by atoms with Crippen molar-refractivity contribution in [1.29, 1.82) is 0 Å². The van der Waals surface area contributed by atoms with Gasteiger partial charge in [-0.25, -0.2) is 0 Å². The lowest BCUT2D eigenvalue weighted by atomic mass is 10.0. The van der Waals surface area contributed by atoms with Crippen LogP contribution in [0.3, 0.4) is 0 Å². The molecule has 1 fully saturated rings. The van der Waals surface area contributed by atoms with Gasteiger partial charge in [-0.2, -0.15) is 0 Å². The minimum atomic E-state index is -0.354. The summed E-state index contributed by atoms with van der Waals surface area (Å²) in [7, 11) is 0. The molecule has 138 valence electrons. The van der Waals surface area contributed by atoms with Crippen LogP contribution in [0.2, 0.25) is 0 Å². The Balaban J connectivity index is 1.52. The fourth-order valence-corrected chi connectivity index (χ4v) is 3.59. The smallest absolute Gasteiger partial charge is 0.261 e. The second kappa shape index (κ2) is 7.32. The maximum atomic E-state index is 12.7. The molecule has 2 N–H and O–H groups in total. The van der Waals surface area contributed by atoms with E-state index in [9.17, 15) is 14.4 Å². The normalized spacial score (nSPS) is 19.1. The van der Waals surface area contributed by atoms with Crippen LogP contribution < -0.4 is 10.6 Å². The van der Waals surface area contributed by atoms with Crippen LogP contribution in [-0.2, 0) is 6.54 Å². The molecule has 1 saturated heterocycles. The first-order valence-electron chi connectivity index (χ1n) is 9.19. The Morgan fingerprint density at radius 3 is 2.59 bits per heavy atom. The van der Waals surface area contributed by atoms with Crippen LogP contribution in [0.25, 0.3) is 0 Å². The quantitative estimate of drug-likeness (QED) is 0.814. The van der Waals surface area contributed by atoms with E-state index in [1.807, 2.05) is 30.3 Å². The molecule has 0 aliphatic carbocycles. The summed E-state index contributed by atoms with van der Waals surface area (Å²) in [4.78, 5) is 39.1. The minimum absolute atomic E-state index is 0.0893. The van der Waals surface area contributed by atoms with Crippen LogP contribution in [0.4, 0.5) is 0 Å². The Morgan fingerprint density at radius 2 is 1.85 bits per heavy atom. The zero-order chi connectivity index (χ0) is 18.8. The number of carbonyl (C=O) groups excluding carboxylic acids is 3. The molecule has 6 nitrogen and oxygen atoms in total. The van der Waals surface area contributed by atoms with E-state index in [-0.39, 0.29) is 30.3 Å². The highest BCUT2D eigenvalue weighted by Gasteiger charge is 2.36. The van der Waals surface area contributed by atoms with E-state index in [4.69, 9.17) is 0 Å². The van der Waals surface area contributed by atoms with Crippen molar-refractivity contribution in [2.75, 3.05) is 13.1 Å². The topological polar surface area (TPSA) is 78.5 Å². The summed E-state index contributed by atoms with van der Waals surface area (Å²) in [6, 6.07) is 14.2. The molecule has 27 heavy (non-hydrogen) atoms. The lowest BCUT2D eigenvalue weighted by Gasteiger charge is -2.23. The van der Waals surface area contributed by atoms with Crippen molar-refractivity contribution in [3.8, 4) is 0 Å². The molecule has 0 aromatic heterocycles. The number of amides is 3. The zero-order valence-corrected chi connectivity index (χ0v) is 14.9. The fraction of sp³-hybridized carbons (Fsp3) is 0.286. The molecule has 4 rings (SSSR count). The standard InChI is InChI=1S/C21H21N3O3/c25-19(23-16-7-4-10-22-12-16)15-8-9-17-18(11-15)21(27)24(20(17)26)13-14-5-2-1-3-6-14/h1-3,5-6,8-9,11,16,22H,4,7,10,12-13H2,(H,23,25)/t16-/m0/s1. The summed E-state index contributed by atoms with van der Waals surface area (Å²) in [5.41, 5.74) is 1.94. The maximum Gasteiger partial charge on any atom is 0.261 e. The number of hydrogen-bond acceptors (Lipinski definition) is 4. The number of carbonyl (C=O) groups is 3. The van der Waals surface area contributed by atoms with Gasteiger partial charge in [-0.05, 0) is 43.1 Å². The van der Waals surface area contributed by atoms with Gasteiger partial charge in [0.2, 0.25) is 0 Å². The molecule has 2 heterocycles. The second-order valence-electron chi connectivity index (χ2n) is 6.96. The maximum absolute atomic E-state index is 12.7. The minimum Gasteiger partial charge on any atom is -0.348 e. The van der Waals surface area contributed by atoms with Crippen LogP contribution in [0.15, 0.2) is 48.5 Å². The first kappa shape index (κ1) is 17.4. The third-order valence-electron chi connectivity index (χ3n) is 5.05. The first-order chi connectivity index (χ1) is 13.1. The van der Waals surface area contributed by atoms with Crippen LogP contribution in [-0.4, -0.2) is 41.8 Å². The molecular weight excluding hydrogens is 342 g/mol. The van der Waals surface area contributed by atoms with Gasteiger partial charge in [-0.1, -0.05) is 30.3 Å². The summed E-state index contributed by atoms with van der Waals surface area (Å²) in [6.45, 7) is 1.94. The van der Waals surface area contributed by atoms with Gasteiger partial charge in [0.15, 0.2) is 0 Å². The number of hydrogen-bond donors (Lipinski definition) is 2. The lowest BCUT2D eigenvalue weighted by molar-refractivity contribution is 0.0642. The number of nitrogens with one attached hydrogen (secondary N) is 2. The average molecular weight is 363 g/mol. The molecular formula is C21H21N3O3. The molecule has 0 saturated carbocycles. The van der Waals surface area contributed by atoms with E-state index in [1.54, 1.807) is 12.1 Å². The van der Waals surface area contributed by atoms with Crippen molar-refractivity contribution in [3.63, 3.8) is 0 Å². The third-order valence-corrected chi connectivity index (χ3v) is 5.05. The Bertz CT molecular complexity index is 889. The van der Waals surface area contributed by atoms with Gasteiger partial charge in [-0.3, -0.25) is 19.3 Å². The number of piperidine rings is 1. The first-order valence-corrected chi connectivity index (χ1v) is 9.19. The van der Waals surface area contributed by atoms with Gasteiger partial charge >= 0.3 is 0 Å². The number of fused-ring (bicyclic) bond motifs is 1. The largest absolute Gasteiger partial charge is 0.348 e. The van der Waals surface area contributed by atoms with E-state index in [0.29, 0.717) is 16.7 Å². The summed E-state index contributed by atoms with van der Waals surface area (Å²) < 4.78 is 0. The predicted molar refractivity (Wildman–Crippen MR) is 100 cm³/mol. The number of imide groups is 1. The highest BCUT2D eigenvalue weighted by Crippen LogP contribution is 2.25. The van der Waals surface area contributed by atoms with Gasteiger partial charge in [0.05, 0.1) is 17.7 Å². The van der Waals surface area contributed by atoms with Crippen LogP contribution in [0.1, 0.15) is 49.5 Å². The van der Waals surface area contributed by atoms with E-state index >= 15 is 0 Å². The van der Waals surface area contributed by atoms with Crippen molar-refractivity contribution in [1.82, 2.24) is 15.5 Å². The van der Waals surface area contributed by atoms with Crippen LogP contribution >= 0.6 is 0 Å². The number of rotatable bonds is 4. The van der Waals surface area contributed by atoms with E-state index in [1.165, 1.54) is 11.0 Å². The Labute approximate surface area is 157 Å². The van der Waals surface area contributed by atoms with Crippen LogP contribution in [0, 0.1) is 0 Å². The Morgan fingerprint density at radius 1 is 1.07 bits per heavy atom. The van der Waals surface area contributed by atoms with Crippen molar-refractivity contribution in [2.45, 2.75) is 25.4 Å². The molecule has 2 aromatic carbocycles. The SMILES string of the molecule is O=C(N[C@H]1CCCNC1)c1ccc2c(c1)C(=O)N(Cc1ccccc1)C2=O. The monoisotopic (exact) mass is 363 g/mol. The number of benzene rings is 2. The highest BCUT2D eigenvalue weighted by molar-refractivity contribution is 6.22. The van der Waals surface area contributed by atoms with Gasteiger partial charge in [0, 0.05) is 18.2 Å². The molecule has 6 heteroatoms. The zero-order valence-electron chi connectivity index (χ0n) is 14.9. The van der Waals surface area contributed by atoms with Gasteiger partial charge in [-0.15, -0.1) is 0 Å². The summed E-state index contributed by atoms with van der Waals surface area (Å²) in [5.74, 6) is -0.886. The van der Waals surface area contributed by atoms with Gasteiger partial charge in [0.1, 0.15) is 0 Å². The van der Waals surface area contributed by atoms with Gasteiger partial charge < -0.3 is 10.6 Å². The van der Waals surface area contributed by atoms with Crippen molar-refractivity contribution in [3.05, 3.63) is 70.8 Å². The number of nitrogens with zero attached hydrogens (tertiary/aromatic N) is 1. The molecule has 2 aliphatic heterocycles.